The van der Waals surface area contributed by atoms with Crippen molar-refractivity contribution in [3.8, 4) is 5.75 Å². The molecule has 37 heavy (non-hydrogen) atoms. The Balaban J connectivity index is 1.69. The number of rotatable bonds is 15. The number of hydrogen-bond donors (Lipinski definition) is 2. The van der Waals surface area contributed by atoms with Crippen LogP contribution in [-0.2, 0) is 12.6 Å². The molecule has 8 heteroatoms. The maximum atomic E-state index is 13.7. The molecule has 0 unspecified atom stereocenters. The third-order valence-electron chi connectivity index (χ3n) is 5.99. The first-order valence-electron chi connectivity index (χ1n) is 13.2. The van der Waals surface area contributed by atoms with Crippen LogP contribution in [0.2, 0.25) is 0 Å². The van der Waals surface area contributed by atoms with Gasteiger partial charge in [0.25, 0.3) is 0 Å². The van der Waals surface area contributed by atoms with Gasteiger partial charge in [-0.1, -0.05) is 70.6 Å². The average Bonchev–Trinajstić information content (AvgIpc) is 2.87. The fraction of sp³-hybridized carbons (Fsp3) is 0.448. The van der Waals surface area contributed by atoms with E-state index in [1.807, 2.05) is 24.3 Å². The minimum Gasteiger partial charge on any atom is -0.494 e. The maximum absolute atomic E-state index is 13.7. The quantitative estimate of drug-likeness (QED) is 0.198. The van der Waals surface area contributed by atoms with E-state index >= 15 is 0 Å². The van der Waals surface area contributed by atoms with Gasteiger partial charge in [0.15, 0.2) is 0 Å². The van der Waals surface area contributed by atoms with Crippen LogP contribution in [-0.4, -0.2) is 16.6 Å². The Bertz CT molecular complexity index is 1090. The lowest BCUT2D eigenvalue weighted by atomic mass is 10.1. The average molecular weight is 515 g/mol. The van der Waals surface area contributed by atoms with Crippen molar-refractivity contribution in [1.29, 1.82) is 0 Å². The summed E-state index contributed by atoms with van der Waals surface area (Å²) in [5, 5.41) is 5.82. The van der Waals surface area contributed by atoms with Crippen LogP contribution in [0.25, 0.3) is 0 Å². The predicted octanol–water partition coefficient (Wildman–Crippen LogP) is 9.06. The summed E-state index contributed by atoms with van der Waals surface area (Å²) in [4.78, 5) is 8.06. The Morgan fingerprint density at radius 3 is 2.24 bits per heavy atom. The van der Waals surface area contributed by atoms with Crippen LogP contribution in [0, 0.1) is 0 Å². The highest BCUT2D eigenvalue weighted by Gasteiger charge is 2.35. The van der Waals surface area contributed by atoms with Crippen LogP contribution in [0.5, 0.6) is 5.75 Å². The van der Waals surface area contributed by atoms with E-state index in [4.69, 9.17) is 4.74 Å². The largest absolute Gasteiger partial charge is 0.494 e. The van der Waals surface area contributed by atoms with Crippen molar-refractivity contribution >= 4 is 23.1 Å². The Labute approximate surface area is 217 Å². The van der Waals surface area contributed by atoms with Crippen molar-refractivity contribution in [3.05, 3.63) is 65.9 Å². The summed E-state index contributed by atoms with van der Waals surface area (Å²) in [6.45, 7) is 4.90. The van der Waals surface area contributed by atoms with E-state index in [2.05, 4.69) is 34.4 Å². The van der Waals surface area contributed by atoms with E-state index in [0.29, 0.717) is 23.7 Å². The van der Waals surface area contributed by atoms with Gasteiger partial charge in [0.2, 0.25) is 5.95 Å². The van der Waals surface area contributed by atoms with Crippen LogP contribution >= 0.6 is 0 Å². The van der Waals surface area contributed by atoms with Gasteiger partial charge in [-0.15, -0.1) is 0 Å². The van der Waals surface area contributed by atoms with Crippen molar-refractivity contribution in [1.82, 2.24) is 9.97 Å². The Hall–Kier alpha value is -3.29. The van der Waals surface area contributed by atoms with Gasteiger partial charge in [0, 0.05) is 23.6 Å². The van der Waals surface area contributed by atoms with Crippen molar-refractivity contribution < 1.29 is 17.9 Å². The molecular formula is C29H37F3N4O. The number of alkyl halides is 3. The van der Waals surface area contributed by atoms with Crippen molar-refractivity contribution in [2.75, 3.05) is 17.2 Å². The van der Waals surface area contributed by atoms with Gasteiger partial charge in [0.1, 0.15) is 17.1 Å². The second kappa shape index (κ2) is 14.4. The summed E-state index contributed by atoms with van der Waals surface area (Å²) in [7, 11) is 0. The summed E-state index contributed by atoms with van der Waals surface area (Å²) in [5.41, 5.74) is 1.45. The number of nitrogens with one attached hydrogen (secondary N) is 2. The number of aryl methyl sites for hydroxylation is 1. The second-order valence-electron chi connectivity index (χ2n) is 9.15. The van der Waals surface area contributed by atoms with Crippen molar-refractivity contribution in [2.24, 2.45) is 0 Å². The first-order valence-corrected chi connectivity index (χ1v) is 13.2. The molecule has 2 aromatic carbocycles. The molecule has 3 aromatic rings. The number of hydrogen-bond acceptors (Lipinski definition) is 5. The Morgan fingerprint density at radius 2 is 1.54 bits per heavy atom. The van der Waals surface area contributed by atoms with Gasteiger partial charge in [-0.25, -0.2) is 4.98 Å². The number of benzene rings is 2. The van der Waals surface area contributed by atoms with E-state index in [-0.39, 0.29) is 11.8 Å². The number of anilines is 4. The van der Waals surface area contributed by atoms with Gasteiger partial charge < -0.3 is 15.4 Å². The fourth-order valence-corrected chi connectivity index (χ4v) is 3.90. The Morgan fingerprint density at radius 1 is 0.811 bits per heavy atom. The standard InChI is InChI=1S/C29H37F3N4O/c1-3-5-7-9-12-22-15-17-23(18-16-22)35-28-33-21-26(29(30,31)32)27(36-28)34-24-13-11-14-25(20-24)37-19-10-8-6-4-2/h11,13-18,20-21H,3-10,12,19H2,1-2H3,(H2,33,34,35,36). The molecule has 3 rings (SSSR count). The molecule has 0 aliphatic heterocycles. The molecule has 0 aliphatic rings. The van der Waals surface area contributed by atoms with Crippen LogP contribution in [0.1, 0.15) is 76.3 Å². The molecule has 0 saturated carbocycles. The van der Waals surface area contributed by atoms with Crippen LogP contribution in [0.4, 0.5) is 36.3 Å². The van der Waals surface area contributed by atoms with Crippen LogP contribution in [0.15, 0.2) is 54.7 Å². The maximum Gasteiger partial charge on any atom is 0.421 e. The molecule has 0 amide bonds. The second-order valence-corrected chi connectivity index (χ2v) is 9.15. The van der Waals surface area contributed by atoms with E-state index in [1.165, 1.54) is 24.8 Å². The minimum absolute atomic E-state index is 0.0783. The molecule has 200 valence electrons. The summed E-state index contributed by atoms with van der Waals surface area (Å²) >= 11 is 0. The summed E-state index contributed by atoms with van der Waals surface area (Å²) in [6, 6.07) is 14.7. The number of halogens is 3. The van der Waals surface area contributed by atoms with Crippen LogP contribution in [0.3, 0.4) is 0 Å². The van der Waals surface area contributed by atoms with Gasteiger partial charge in [-0.3, -0.25) is 0 Å². The van der Waals surface area contributed by atoms with Gasteiger partial charge in [-0.05, 0) is 49.1 Å². The normalized spacial score (nSPS) is 11.4. The van der Waals surface area contributed by atoms with E-state index in [9.17, 15) is 13.2 Å². The summed E-state index contributed by atoms with van der Waals surface area (Å²) < 4.78 is 46.8. The number of ether oxygens (including phenoxy) is 1. The number of aromatic nitrogens is 2. The molecule has 0 aliphatic carbocycles. The SMILES string of the molecule is CCCCCCOc1cccc(Nc2nc(Nc3ccc(CCCCCC)cc3)ncc2C(F)(F)F)c1. The molecule has 0 spiro atoms. The molecule has 1 aromatic heterocycles. The van der Waals surface area contributed by atoms with Crippen LogP contribution < -0.4 is 15.4 Å². The van der Waals surface area contributed by atoms with Gasteiger partial charge in [-0.2, -0.15) is 18.2 Å². The lowest BCUT2D eigenvalue weighted by molar-refractivity contribution is -0.137. The van der Waals surface area contributed by atoms with E-state index in [0.717, 1.165) is 44.7 Å². The van der Waals surface area contributed by atoms with E-state index in [1.54, 1.807) is 24.3 Å². The fourth-order valence-electron chi connectivity index (χ4n) is 3.90. The highest BCUT2D eigenvalue weighted by Crippen LogP contribution is 2.35. The number of unbranched alkanes of at least 4 members (excludes halogenated alkanes) is 6. The molecular weight excluding hydrogens is 477 g/mol. The molecule has 0 radical (unpaired) electrons. The minimum atomic E-state index is -4.60. The van der Waals surface area contributed by atoms with Crippen molar-refractivity contribution in [2.45, 2.75) is 77.8 Å². The monoisotopic (exact) mass is 514 g/mol. The first kappa shape index (κ1) is 28.3. The zero-order valence-corrected chi connectivity index (χ0v) is 21.7. The molecule has 0 bridgehead atoms. The Kier molecular flexibility index (Phi) is 11.0. The smallest absolute Gasteiger partial charge is 0.421 e. The molecule has 0 atom stereocenters. The highest BCUT2D eigenvalue weighted by molar-refractivity contribution is 5.64. The van der Waals surface area contributed by atoms with Crippen molar-refractivity contribution in [3.63, 3.8) is 0 Å². The first-order chi connectivity index (χ1) is 17.9. The van der Waals surface area contributed by atoms with Gasteiger partial charge >= 0.3 is 6.18 Å². The summed E-state index contributed by atoms with van der Waals surface area (Å²) in [6.07, 6.45) is 6.30. The third kappa shape index (κ3) is 9.59. The van der Waals surface area contributed by atoms with Gasteiger partial charge in [0.05, 0.1) is 6.61 Å². The summed E-state index contributed by atoms with van der Waals surface area (Å²) in [5.74, 6) is 0.351. The molecule has 0 fully saturated rings. The highest BCUT2D eigenvalue weighted by atomic mass is 19.4. The molecule has 0 saturated heterocycles. The zero-order valence-electron chi connectivity index (χ0n) is 21.7. The lowest BCUT2D eigenvalue weighted by Crippen LogP contribution is -2.12. The molecule has 5 nitrogen and oxygen atoms in total. The predicted molar refractivity (Wildman–Crippen MR) is 144 cm³/mol. The molecule has 1 heterocycles. The topological polar surface area (TPSA) is 59.1 Å². The van der Waals surface area contributed by atoms with E-state index < -0.39 is 11.7 Å². The molecule has 2 N–H and O–H groups in total. The number of nitrogens with zero attached hydrogens (tertiary/aromatic N) is 2. The zero-order chi connectivity index (χ0) is 26.5. The lowest BCUT2D eigenvalue weighted by Gasteiger charge is -2.15. The third-order valence-corrected chi connectivity index (χ3v) is 5.99.